The van der Waals surface area contributed by atoms with Crippen LogP contribution in [0.5, 0.6) is 0 Å². The lowest BCUT2D eigenvalue weighted by molar-refractivity contribution is 0.587. The molecule has 0 amide bonds. The maximum Gasteiger partial charge on any atom is 0.161 e. The summed E-state index contributed by atoms with van der Waals surface area (Å²) in [6.07, 6.45) is 3.12. The summed E-state index contributed by atoms with van der Waals surface area (Å²) in [5.74, 6) is -0.255. The van der Waals surface area contributed by atoms with Crippen LogP contribution in [-0.2, 0) is 13.1 Å². The van der Waals surface area contributed by atoms with E-state index in [0.29, 0.717) is 30.0 Å². The molecular formula is C13H12FN5. The average molecular weight is 257 g/mol. The molecule has 0 atom stereocenters. The maximum absolute atomic E-state index is 13.7. The molecule has 0 saturated carbocycles. The Hall–Kier alpha value is -2.34. The second-order valence-corrected chi connectivity index (χ2v) is 4.16. The fourth-order valence-corrected chi connectivity index (χ4v) is 2.03. The number of aromatic nitrogens is 4. The molecule has 0 aliphatic rings. The van der Waals surface area contributed by atoms with Crippen LogP contribution >= 0.6 is 0 Å². The Bertz CT molecular complexity index is 722. The first-order chi connectivity index (χ1) is 9.29. The van der Waals surface area contributed by atoms with Crippen LogP contribution in [0.1, 0.15) is 11.3 Å². The van der Waals surface area contributed by atoms with Crippen molar-refractivity contribution in [3.63, 3.8) is 0 Å². The first kappa shape index (κ1) is 11.7. The third-order valence-corrected chi connectivity index (χ3v) is 2.96. The quantitative estimate of drug-likeness (QED) is 0.771. The third kappa shape index (κ3) is 2.06. The lowest BCUT2D eigenvalue weighted by Crippen LogP contribution is -2.06. The number of nitrogens with zero attached hydrogens (tertiary/aromatic N) is 4. The molecule has 2 aromatic heterocycles. The van der Waals surface area contributed by atoms with E-state index in [1.807, 2.05) is 0 Å². The minimum atomic E-state index is -0.255. The number of nitrogens with two attached hydrogens (primary N) is 1. The van der Waals surface area contributed by atoms with Gasteiger partial charge in [-0.3, -0.25) is 0 Å². The van der Waals surface area contributed by atoms with Gasteiger partial charge in [0.25, 0.3) is 0 Å². The van der Waals surface area contributed by atoms with E-state index in [4.69, 9.17) is 5.73 Å². The molecule has 0 spiro atoms. The molecule has 96 valence electrons. The summed E-state index contributed by atoms with van der Waals surface area (Å²) in [5, 5.41) is 5.17. The van der Waals surface area contributed by atoms with Gasteiger partial charge < -0.3 is 5.73 Å². The lowest BCUT2D eigenvalue weighted by Gasteiger charge is -2.04. The molecule has 19 heavy (non-hydrogen) atoms. The number of benzene rings is 1. The van der Waals surface area contributed by atoms with Gasteiger partial charge in [-0.1, -0.05) is 18.2 Å². The SMILES string of the molecule is NCc1nn(Cc2ccccc2F)c2ncncc12. The average Bonchev–Trinajstić information content (AvgIpc) is 2.80. The summed E-state index contributed by atoms with van der Waals surface area (Å²) < 4.78 is 15.3. The highest BCUT2D eigenvalue weighted by Crippen LogP contribution is 2.17. The molecule has 2 N–H and O–H groups in total. The van der Waals surface area contributed by atoms with Gasteiger partial charge in [0.1, 0.15) is 12.1 Å². The van der Waals surface area contributed by atoms with Gasteiger partial charge in [-0.2, -0.15) is 5.10 Å². The standard InChI is InChI=1S/C13H12FN5/c14-11-4-2-1-3-9(11)7-19-13-10(6-16-8-17-13)12(5-15)18-19/h1-4,6,8H,5,7,15H2. The molecule has 3 aromatic rings. The van der Waals surface area contributed by atoms with Gasteiger partial charge in [0.15, 0.2) is 5.65 Å². The highest BCUT2D eigenvalue weighted by atomic mass is 19.1. The van der Waals surface area contributed by atoms with Crippen LogP contribution in [-0.4, -0.2) is 19.7 Å². The fourth-order valence-electron chi connectivity index (χ4n) is 2.03. The van der Waals surface area contributed by atoms with Crippen molar-refractivity contribution in [2.45, 2.75) is 13.1 Å². The number of halogens is 1. The molecule has 3 rings (SSSR count). The van der Waals surface area contributed by atoms with Gasteiger partial charge in [-0.15, -0.1) is 0 Å². The minimum Gasteiger partial charge on any atom is -0.325 e. The van der Waals surface area contributed by atoms with E-state index >= 15 is 0 Å². The molecule has 0 unspecified atom stereocenters. The summed E-state index contributed by atoms with van der Waals surface area (Å²) in [7, 11) is 0. The van der Waals surface area contributed by atoms with Gasteiger partial charge in [-0.25, -0.2) is 19.0 Å². The van der Waals surface area contributed by atoms with Crippen molar-refractivity contribution in [1.29, 1.82) is 0 Å². The molecule has 0 saturated heterocycles. The van der Waals surface area contributed by atoms with Crippen LogP contribution in [0.4, 0.5) is 4.39 Å². The van der Waals surface area contributed by atoms with E-state index in [0.717, 1.165) is 5.39 Å². The molecule has 0 radical (unpaired) electrons. The van der Waals surface area contributed by atoms with Crippen molar-refractivity contribution < 1.29 is 4.39 Å². The molecule has 1 aromatic carbocycles. The molecule has 2 heterocycles. The molecular weight excluding hydrogens is 245 g/mol. The van der Waals surface area contributed by atoms with Crippen molar-refractivity contribution in [3.8, 4) is 0 Å². The maximum atomic E-state index is 13.7. The van der Waals surface area contributed by atoms with Crippen molar-refractivity contribution in [2.75, 3.05) is 0 Å². The molecule has 0 fully saturated rings. The summed E-state index contributed by atoms with van der Waals surface area (Å²) >= 11 is 0. The Morgan fingerprint density at radius 2 is 2.11 bits per heavy atom. The smallest absolute Gasteiger partial charge is 0.161 e. The number of hydrogen-bond acceptors (Lipinski definition) is 4. The second kappa shape index (κ2) is 4.74. The minimum absolute atomic E-state index is 0.255. The van der Waals surface area contributed by atoms with Gasteiger partial charge in [0, 0.05) is 18.3 Å². The Labute approximate surface area is 108 Å². The van der Waals surface area contributed by atoms with Crippen molar-refractivity contribution in [3.05, 3.63) is 53.9 Å². The van der Waals surface area contributed by atoms with E-state index < -0.39 is 0 Å². The van der Waals surface area contributed by atoms with Crippen LogP contribution in [0.2, 0.25) is 0 Å². The van der Waals surface area contributed by atoms with Crippen molar-refractivity contribution >= 4 is 11.0 Å². The predicted octanol–water partition coefficient (Wildman–Crippen LogP) is 1.47. The van der Waals surface area contributed by atoms with E-state index in [1.54, 1.807) is 29.1 Å². The van der Waals surface area contributed by atoms with Crippen LogP contribution in [0, 0.1) is 5.82 Å². The monoisotopic (exact) mass is 257 g/mol. The van der Waals surface area contributed by atoms with Crippen molar-refractivity contribution in [1.82, 2.24) is 19.7 Å². The van der Waals surface area contributed by atoms with Gasteiger partial charge in [0.2, 0.25) is 0 Å². The normalized spacial score (nSPS) is 11.1. The summed E-state index contributed by atoms with van der Waals surface area (Å²) in [5.41, 5.74) is 7.59. The zero-order valence-corrected chi connectivity index (χ0v) is 10.1. The van der Waals surface area contributed by atoms with Crippen molar-refractivity contribution in [2.24, 2.45) is 5.73 Å². The first-order valence-corrected chi connectivity index (χ1v) is 5.88. The van der Waals surface area contributed by atoms with Gasteiger partial charge in [-0.05, 0) is 6.07 Å². The zero-order chi connectivity index (χ0) is 13.2. The molecule has 0 aliphatic carbocycles. The predicted molar refractivity (Wildman–Crippen MR) is 68.7 cm³/mol. The van der Waals surface area contributed by atoms with E-state index in [-0.39, 0.29) is 5.82 Å². The van der Waals surface area contributed by atoms with E-state index in [9.17, 15) is 4.39 Å². The molecule has 5 nitrogen and oxygen atoms in total. The van der Waals surface area contributed by atoms with Crippen LogP contribution in [0.3, 0.4) is 0 Å². The Kier molecular flexibility index (Phi) is 2.92. The highest BCUT2D eigenvalue weighted by molar-refractivity contribution is 5.77. The number of hydrogen-bond donors (Lipinski definition) is 1. The molecule has 6 heteroatoms. The molecule has 0 bridgehead atoms. The third-order valence-electron chi connectivity index (χ3n) is 2.96. The largest absolute Gasteiger partial charge is 0.325 e. The van der Waals surface area contributed by atoms with Crippen LogP contribution in [0.15, 0.2) is 36.8 Å². The Balaban J connectivity index is 2.09. The second-order valence-electron chi connectivity index (χ2n) is 4.16. The number of fused-ring (bicyclic) bond motifs is 1. The van der Waals surface area contributed by atoms with Gasteiger partial charge in [0.05, 0.1) is 17.6 Å². The van der Waals surface area contributed by atoms with E-state index in [2.05, 4.69) is 15.1 Å². The van der Waals surface area contributed by atoms with Crippen LogP contribution < -0.4 is 5.73 Å². The lowest BCUT2D eigenvalue weighted by atomic mass is 10.2. The molecule has 0 aliphatic heterocycles. The Morgan fingerprint density at radius 3 is 2.89 bits per heavy atom. The summed E-state index contributed by atoms with van der Waals surface area (Å²) in [6, 6.07) is 6.61. The first-order valence-electron chi connectivity index (χ1n) is 5.88. The topological polar surface area (TPSA) is 69.6 Å². The fraction of sp³-hybridized carbons (Fsp3) is 0.154. The van der Waals surface area contributed by atoms with Gasteiger partial charge >= 0.3 is 0 Å². The zero-order valence-electron chi connectivity index (χ0n) is 10.1. The Morgan fingerprint density at radius 1 is 1.26 bits per heavy atom. The van der Waals surface area contributed by atoms with E-state index in [1.165, 1.54) is 12.4 Å². The summed E-state index contributed by atoms with van der Waals surface area (Å²) in [4.78, 5) is 8.15. The highest BCUT2D eigenvalue weighted by Gasteiger charge is 2.12. The van der Waals surface area contributed by atoms with Crippen LogP contribution in [0.25, 0.3) is 11.0 Å². The summed E-state index contributed by atoms with van der Waals surface area (Å²) in [6.45, 7) is 0.619. The number of rotatable bonds is 3.